The van der Waals surface area contributed by atoms with Gasteiger partial charge >= 0.3 is 23.9 Å². The van der Waals surface area contributed by atoms with Crippen molar-refractivity contribution in [1.82, 2.24) is 0 Å². The van der Waals surface area contributed by atoms with E-state index < -0.39 is 73.9 Å². The van der Waals surface area contributed by atoms with Gasteiger partial charge in [-0.3, -0.25) is 14.4 Å². The number of carbonyl (C=O) groups excluding carboxylic acids is 3. The van der Waals surface area contributed by atoms with E-state index >= 15 is 0 Å². The molecule has 0 aliphatic carbocycles. The van der Waals surface area contributed by atoms with Crippen LogP contribution in [0.5, 0.6) is 0 Å². The molecule has 1 aliphatic heterocycles. The summed E-state index contributed by atoms with van der Waals surface area (Å²) in [6, 6.07) is 0. The van der Waals surface area contributed by atoms with Crippen molar-refractivity contribution < 1.29 is 58.2 Å². The minimum atomic E-state index is -1.96. The summed E-state index contributed by atoms with van der Waals surface area (Å²) >= 11 is 0. The molecule has 446 valence electrons. The Labute approximate surface area is 486 Å². The van der Waals surface area contributed by atoms with E-state index in [-0.39, 0.29) is 19.3 Å². The summed E-state index contributed by atoms with van der Waals surface area (Å²) in [5, 5.41) is 31.4. The molecule has 1 rings (SSSR count). The number of ether oxygens (including phenoxy) is 5. The lowest BCUT2D eigenvalue weighted by Gasteiger charge is -2.40. The fourth-order valence-corrected chi connectivity index (χ4v) is 7.31. The Morgan fingerprint density at radius 3 is 1.01 bits per heavy atom. The van der Waals surface area contributed by atoms with Crippen LogP contribution in [0.2, 0.25) is 0 Å². The highest BCUT2D eigenvalue weighted by Crippen LogP contribution is 2.26. The Morgan fingerprint density at radius 1 is 0.395 bits per heavy atom. The molecule has 12 heteroatoms. The molecule has 12 nitrogen and oxygen atoms in total. The van der Waals surface area contributed by atoms with Crippen LogP contribution in [0, 0.1) is 0 Å². The lowest BCUT2D eigenvalue weighted by atomic mass is 9.98. The zero-order valence-corrected chi connectivity index (χ0v) is 48.9. The number of carboxylic acids is 1. The summed E-state index contributed by atoms with van der Waals surface area (Å²) in [4.78, 5) is 51.0. The Balaban J connectivity index is 2.84. The highest BCUT2D eigenvalue weighted by molar-refractivity contribution is 5.74. The number of carboxylic acid groups (broad SMARTS) is 1. The highest BCUT2D eigenvalue weighted by Gasteiger charge is 2.50. The highest BCUT2D eigenvalue weighted by atomic mass is 16.7. The van der Waals surface area contributed by atoms with E-state index in [2.05, 4.69) is 167 Å². The molecule has 1 saturated heterocycles. The monoisotopic (exact) mass is 1120 g/mol. The van der Waals surface area contributed by atoms with Gasteiger partial charge in [-0.1, -0.05) is 215 Å². The molecule has 0 bridgehead atoms. The minimum absolute atomic E-state index is 0.000729. The van der Waals surface area contributed by atoms with Gasteiger partial charge in [0.25, 0.3) is 0 Å². The van der Waals surface area contributed by atoms with Crippen LogP contribution in [-0.2, 0) is 42.9 Å². The molecule has 0 saturated carbocycles. The van der Waals surface area contributed by atoms with E-state index in [4.69, 9.17) is 23.7 Å². The first-order chi connectivity index (χ1) is 39.6. The normalized spacial score (nSPS) is 19.1. The summed E-state index contributed by atoms with van der Waals surface area (Å²) in [5.74, 6) is -3.50. The first-order valence-corrected chi connectivity index (χ1v) is 29.4. The van der Waals surface area contributed by atoms with Gasteiger partial charge < -0.3 is 39.0 Å². The van der Waals surface area contributed by atoms with Crippen LogP contribution in [0.25, 0.3) is 0 Å². The molecule has 6 atom stereocenters. The molecule has 0 radical (unpaired) electrons. The Hall–Kier alpha value is -6.44. The van der Waals surface area contributed by atoms with Gasteiger partial charge in [-0.05, 0) is 122 Å². The van der Waals surface area contributed by atoms with Crippen molar-refractivity contribution in [2.45, 2.75) is 199 Å². The van der Waals surface area contributed by atoms with Crippen molar-refractivity contribution in [1.29, 1.82) is 0 Å². The number of carbonyl (C=O) groups is 4. The Bertz CT molecular complexity index is 2160. The third-order valence-corrected chi connectivity index (χ3v) is 11.7. The molecule has 6 unspecified atom stereocenters. The van der Waals surface area contributed by atoms with E-state index in [1.165, 1.54) is 0 Å². The largest absolute Gasteiger partial charge is 0.479 e. The standard InChI is InChI=1S/C69H98O12/c1-4-7-10-13-16-19-22-25-27-29-31-33-35-38-40-43-46-49-52-55-61(70)77-58-60(79-62(71)56-53-50-47-44-42-39-36-34-32-30-28-26-23-20-17-14-11-8-5-2)59-78-69-67(65(74)64(73)66(81-69)68(75)76)80-63(72)57-54-51-48-45-41-37-24-21-18-15-12-9-6-3/h7-12,16-21,25-28,31-34,37-42,46-51,60,64-67,69,73-74H,4-6,13-15,22-24,29-30,35-36,43-45,52-59H2,1-3H3,(H,75,76)/b10-7-,11-8-,12-9-,19-16-,20-17-,21-18-,27-25-,28-26-,33-31-,34-32-,40-38-,41-37-,42-39-,49-46-,50-47-,51-48-. The third-order valence-electron chi connectivity index (χ3n) is 11.7. The number of rotatable bonds is 46. The molecular formula is C69H98O12. The van der Waals surface area contributed by atoms with E-state index in [0.717, 1.165) is 83.5 Å². The predicted octanol–water partition coefficient (Wildman–Crippen LogP) is 15.4. The molecule has 1 fully saturated rings. The number of aliphatic hydroxyl groups is 2. The molecule has 0 aromatic carbocycles. The molecule has 1 heterocycles. The number of esters is 3. The van der Waals surface area contributed by atoms with E-state index in [1.807, 2.05) is 48.6 Å². The summed E-state index contributed by atoms with van der Waals surface area (Å²) in [5.41, 5.74) is 0. The lowest BCUT2D eigenvalue weighted by molar-refractivity contribution is -0.301. The second kappa shape index (κ2) is 54.2. The average Bonchev–Trinajstić information content (AvgIpc) is 3.46. The molecule has 0 spiro atoms. The van der Waals surface area contributed by atoms with Crippen molar-refractivity contribution in [3.63, 3.8) is 0 Å². The molecule has 81 heavy (non-hydrogen) atoms. The van der Waals surface area contributed by atoms with Crippen molar-refractivity contribution in [2.24, 2.45) is 0 Å². The van der Waals surface area contributed by atoms with Crippen LogP contribution in [0.1, 0.15) is 162 Å². The maximum absolute atomic E-state index is 13.1. The molecule has 1 aliphatic rings. The fourth-order valence-electron chi connectivity index (χ4n) is 7.31. The first-order valence-electron chi connectivity index (χ1n) is 29.4. The van der Waals surface area contributed by atoms with E-state index in [0.29, 0.717) is 38.5 Å². The van der Waals surface area contributed by atoms with Gasteiger partial charge in [-0.2, -0.15) is 0 Å². The number of hydrogen-bond donors (Lipinski definition) is 3. The molecule has 0 aromatic rings. The lowest BCUT2D eigenvalue weighted by Crippen LogP contribution is -2.61. The average molecular weight is 1120 g/mol. The summed E-state index contributed by atoms with van der Waals surface area (Å²) in [6.45, 7) is 5.45. The number of hydrogen-bond acceptors (Lipinski definition) is 11. The molecule has 3 N–H and O–H groups in total. The van der Waals surface area contributed by atoms with Gasteiger partial charge in [-0.15, -0.1) is 0 Å². The van der Waals surface area contributed by atoms with Gasteiger partial charge in [0.2, 0.25) is 0 Å². The SMILES string of the molecule is CC/C=C\C/C=C\C/C=C\C/C=C\C/C=C\C/C=C\CCC(=O)OCC(COC1OC(C(=O)O)C(O)C(O)C1OC(=O)CC/C=C\C/C=C\C/C=C\C/C=C\CC)OC(=O)CC/C=C\C/C=C\C/C=C\C/C=C\C/C=C\C/C=C\CC. The Kier molecular flexibility index (Phi) is 48.5. The maximum Gasteiger partial charge on any atom is 0.335 e. The predicted molar refractivity (Wildman–Crippen MR) is 330 cm³/mol. The van der Waals surface area contributed by atoms with Gasteiger partial charge in [0.05, 0.1) is 6.61 Å². The summed E-state index contributed by atoms with van der Waals surface area (Å²) in [7, 11) is 0. The topological polar surface area (TPSA) is 175 Å². The van der Waals surface area contributed by atoms with Crippen LogP contribution in [0.4, 0.5) is 0 Å². The second-order valence-electron chi connectivity index (χ2n) is 18.8. The van der Waals surface area contributed by atoms with Crippen molar-refractivity contribution in [3.8, 4) is 0 Å². The molecule has 0 amide bonds. The van der Waals surface area contributed by atoms with Crippen molar-refractivity contribution in [3.05, 3.63) is 194 Å². The summed E-state index contributed by atoms with van der Waals surface area (Å²) < 4.78 is 28.1. The molecule has 0 aromatic heterocycles. The third kappa shape index (κ3) is 44.0. The second-order valence-corrected chi connectivity index (χ2v) is 18.8. The minimum Gasteiger partial charge on any atom is -0.479 e. The van der Waals surface area contributed by atoms with Crippen molar-refractivity contribution >= 4 is 23.9 Å². The van der Waals surface area contributed by atoms with Crippen LogP contribution in [-0.4, -0.2) is 89.2 Å². The Morgan fingerprint density at radius 2 is 0.691 bits per heavy atom. The van der Waals surface area contributed by atoms with E-state index in [1.54, 1.807) is 0 Å². The zero-order valence-electron chi connectivity index (χ0n) is 48.9. The van der Waals surface area contributed by atoms with Crippen molar-refractivity contribution in [2.75, 3.05) is 13.2 Å². The quantitative estimate of drug-likeness (QED) is 0.0299. The maximum atomic E-state index is 13.1. The van der Waals surface area contributed by atoms with Gasteiger partial charge in [0, 0.05) is 19.3 Å². The summed E-state index contributed by atoms with van der Waals surface area (Å²) in [6.07, 6.45) is 71.6. The van der Waals surface area contributed by atoms with Crippen LogP contribution >= 0.6 is 0 Å². The van der Waals surface area contributed by atoms with Crippen LogP contribution < -0.4 is 0 Å². The smallest absolute Gasteiger partial charge is 0.335 e. The van der Waals surface area contributed by atoms with Crippen LogP contribution in [0.15, 0.2) is 194 Å². The first kappa shape index (κ1) is 72.6. The number of aliphatic hydroxyl groups excluding tert-OH is 2. The van der Waals surface area contributed by atoms with Gasteiger partial charge in [-0.25, -0.2) is 4.79 Å². The fraction of sp³-hybridized carbons (Fsp3) is 0.478. The number of aliphatic carboxylic acids is 1. The van der Waals surface area contributed by atoms with Gasteiger partial charge in [0.1, 0.15) is 18.8 Å². The van der Waals surface area contributed by atoms with Gasteiger partial charge in [0.15, 0.2) is 24.6 Å². The van der Waals surface area contributed by atoms with E-state index in [9.17, 15) is 34.5 Å². The molecular weight excluding hydrogens is 1020 g/mol. The number of allylic oxidation sites excluding steroid dienone is 32. The van der Waals surface area contributed by atoms with Crippen LogP contribution in [0.3, 0.4) is 0 Å². The zero-order chi connectivity index (χ0) is 58.9.